The van der Waals surface area contributed by atoms with Crippen LogP contribution in [0.2, 0.25) is 5.02 Å². The van der Waals surface area contributed by atoms with Gasteiger partial charge in [0, 0.05) is 21.6 Å². The summed E-state index contributed by atoms with van der Waals surface area (Å²) in [6.45, 7) is 10.4. The van der Waals surface area contributed by atoms with Gasteiger partial charge < -0.3 is 10.2 Å². The van der Waals surface area contributed by atoms with Crippen LogP contribution in [-0.2, 0) is 26.2 Å². The van der Waals surface area contributed by atoms with Crippen LogP contribution in [0.25, 0.3) is 0 Å². The summed E-state index contributed by atoms with van der Waals surface area (Å²) < 4.78 is 29.9. The van der Waals surface area contributed by atoms with Crippen LogP contribution in [0, 0.1) is 13.8 Å². The topological polar surface area (TPSA) is 86.8 Å². The van der Waals surface area contributed by atoms with Gasteiger partial charge in [0.1, 0.15) is 12.6 Å². The quantitative estimate of drug-likeness (QED) is 0.297. The van der Waals surface area contributed by atoms with Crippen molar-refractivity contribution in [1.82, 2.24) is 10.2 Å². The van der Waals surface area contributed by atoms with Crippen molar-refractivity contribution < 1.29 is 18.0 Å². The Bertz CT molecular complexity index is 1490. The number of nitrogens with one attached hydrogen (secondary N) is 1. The van der Waals surface area contributed by atoms with Crippen molar-refractivity contribution in [2.75, 3.05) is 10.8 Å². The van der Waals surface area contributed by atoms with Gasteiger partial charge in [-0.05, 0) is 89.1 Å². The van der Waals surface area contributed by atoms with E-state index in [9.17, 15) is 18.0 Å². The summed E-state index contributed by atoms with van der Waals surface area (Å²) in [6, 6.07) is 17.9. The summed E-state index contributed by atoms with van der Waals surface area (Å²) in [7, 11) is -4.17. The van der Waals surface area contributed by atoms with Crippen LogP contribution in [0.1, 0.15) is 44.4 Å². The predicted molar refractivity (Wildman–Crippen MR) is 164 cm³/mol. The Balaban J connectivity index is 2.08. The molecule has 7 nitrogen and oxygen atoms in total. The van der Waals surface area contributed by atoms with E-state index in [0.717, 1.165) is 19.9 Å². The van der Waals surface area contributed by atoms with Crippen molar-refractivity contribution in [3.05, 3.63) is 92.9 Å². The molecule has 0 bridgehead atoms. The van der Waals surface area contributed by atoms with Crippen LogP contribution < -0.4 is 9.62 Å². The zero-order valence-electron chi connectivity index (χ0n) is 23.5. The number of sulfonamides is 1. The SMILES string of the molecule is Cc1ccc(S(=O)(=O)N(CC(=O)N(Cc2cccc(Br)c2)[C@@H](C)C(=O)NC(C)(C)C)c2cccc(Cl)c2C)cc1. The van der Waals surface area contributed by atoms with E-state index in [4.69, 9.17) is 11.6 Å². The van der Waals surface area contributed by atoms with Gasteiger partial charge >= 0.3 is 0 Å². The van der Waals surface area contributed by atoms with Crippen molar-refractivity contribution in [3.8, 4) is 0 Å². The Morgan fingerprint density at radius 2 is 1.62 bits per heavy atom. The number of rotatable bonds is 9. The first-order valence-corrected chi connectivity index (χ1v) is 15.4. The molecule has 214 valence electrons. The lowest BCUT2D eigenvalue weighted by Gasteiger charge is -2.34. The van der Waals surface area contributed by atoms with E-state index in [2.05, 4.69) is 21.2 Å². The smallest absolute Gasteiger partial charge is 0.264 e. The Kier molecular flexibility index (Phi) is 10.1. The first-order chi connectivity index (χ1) is 18.6. The van der Waals surface area contributed by atoms with E-state index in [0.29, 0.717) is 10.6 Å². The predicted octanol–water partition coefficient (Wildman–Crippen LogP) is 6.25. The van der Waals surface area contributed by atoms with E-state index in [1.807, 2.05) is 52.0 Å². The summed E-state index contributed by atoms with van der Waals surface area (Å²) in [6.07, 6.45) is 0. The standard InChI is InChI=1S/C30H35BrClN3O4S/c1-20-13-15-25(16-14-20)40(38,39)35(27-12-8-11-26(32)21(27)2)19-28(36)34(18-23-9-7-10-24(31)17-23)22(3)29(37)33-30(4,5)6/h7-17,22H,18-19H2,1-6H3,(H,33,37)/t22-/m0/s1. The molecule has 2 amide bonds. The number of aryl methyl sites for hydroxylation is 1. The first-order valence-electron chi connectivity index (χ1n) is 12.8. The highest BCUT2D eigenvalue weighted by Gasteiger charge is 2.34. The molecule has 1 atom stereocenters. The Morgan fingerprint density at radius 1 is 1.00 bits per heavy atom. The Morgan fingerprint density at radius 3 is 2.23 bits per heavy atom. The molecule has 10 heteroatoms. The number of hydrogen-bond donors (Lipinski definition) is 1. The summed E-state index contributed by atoms with van der Waals surface area (Å²) in [5.74, 6) is -0.880. The van der Waals surface area contributed by atoms with Gasteiger partial charge in [0.25, 0.3) is 10.0 Å². The largest absolute Gasteiger partial charge is 0.350 e. The third-order valence-corrected chi connectivity index (χ3v) is 8.98. The van der Waals surface area contributed by atoms with Gasteiger partial charge in [-0.15, -0.1) is 0 Å². The number of hydrogen-bond acceptors (Lipinski definition) is 4. The molecule has 0 unspecified atom stereocenters. The zero-order valence-corrected chi connectivity index (χ0v) is 26.7. The number of anilines is 1. The fourth-order valence-corrected chi connectivity index (χ4v) is 6.19. The lowest BCUT2D eigenvalue weighted by atomic mass is 10.1. The Hall–Kier alpha value is -2.88. The number of nitrogens with zero attached hydrogens (tertiary/aromatic N) is 2. The van der Waals surface area contributed by atoms with Gasteiger partial charge in [0.05, 0.1) is 10.6 Å². The van der Waals surface area contributed by atoms with Crippen molar-refractivity contribution in [2.24, 2.45) is 0 Å². The fraction of sp³-hybridized carbons (Fsp3) is 0.333. The third kappa shape index (κ3) is 7.86. The molecule has 0 radical (unpaired) electrons. The van der Waals surface area contributed by atoms with Crippen LogP contribution in [0.3, 0.4) is 0 Å². The van der Waals surface area contributed by atoms with Gasteiger partial charge in [0.2, 0.25) is 11.8 Å². The number of carbonyl (C=O) groups is 2. The minimum atomic E-state index is -4.17. The molecule has 40 heavy (non-hydrogen) atoms. The van der Waals surface area contributed by atoms with Gasteiger partial charge in [-0.25, -0.2) is 8.42 Å². The van der Waals surface area contributed by atoms with Gasteiger partial charge in [-0.2, -0.15) is 0 Å². The van der Waals surface area contributed by atoms with Gasteiger partial charge in [-0.3, -0.25) is 13.9 Å². The zero-order chi connectivity index (χ0) is 29.8. The average Bonchev–Trinajstić information content (AvgIpc) is 2.86. The molecule has 0 saturated heterocycles. The second-order valence-corrected chi connectivity index (χ2v) is 14.0. The van der Waals surface area contributed by atoms with Crippen molar-refractivity contribution in [2.45, 2.75) is 64.6 Å². The van der Waals surface area contributed by atoms with E-state index in [1.165, 1.54) is 17.0 Å². The summed E-state index contributed by atoms with van der Waals surface area (Å²) in [4.78, 5) is 28.7. The molecule has 0 saturated carbocycles. The van der Waals surface area contributed by atoms with Crippen LogP contribution in [0.4, 0.5) is 5.69 Å². The molecule has 3 aromatic carbocycles. The molecule has 0 aliphatic carbocycles. The van der Waals surface area contributed by atoms with E-state index < -0.39 is 34.1 Å². The van der Waals surface area contributed by atoms with E-state index in [-0.39, 0.29) is 23.0 Å². The summed E-state index contributed by atoms with van der Waals surface area (Å²) >= 11 is 9.83. The second kappa shape index (κ2) is 12.7. The van der Waals surface area contributed by atoms with Crippen LogP contribution >= 0.6 is 27.5 Å². The van der Waals surface area contributed by atoms with Gasteiger partial charge in [0.15, 0.2) is 0 Å². The molecule has 0 heterocycles. The molecule has 3 aromatic rings. The number of benzene rings is 3. The fourth-order valence-electron chi connectivity index (χ4n) is 4.11. The lowest BCUT2D eigenvalue weighted by molar-refractivity contribution is -0.140. The minimum absolute atomic E-state index is 0.0438. The van der Waals surface area contributed by atoms with E-state index in [1.54, 1.807) is 44.2 Å². The van der Waals surface area contributed by atoms with Crippen LogP contribution in [-0.4, -0.2) is 43.3 Å². The molecular formula is C30H35BrClN3O4S. The van der Waals surface area contributed by atoms with E-state index >= 15 is 0 Å². The molecular weight excluding hydrogens is 614 g/mol. The second-order valence-electron chi connectivity index (χ2n) is 10.8. The maximum absolute atomic E-state index is 14.1. The summed E-state index contributed by atoms with van der Waals surface area (Å²) in [5, 5.41) is 3.30. The summed E-state index contributed by atoms with van der Waals surface area (Å²) in [5.41, 5.74) is 1.97. The van der Waals surface area contributed by atoms with Crippen molar-refractivity contribution in [3.63, 3.8) is 0 Å². The molecule has 0 aliphatic rings. The van der Waals surface area contributed by atoms with Crippen LogP contribution in [0.15, 0.2) is 76.1 Å². The molecule has 0 fully saturated rings. The molecule has 0 aromatic heterocycles. The average molecular weight is 649 g/mol. The first kappa shape index (κ1) is 31.6. The molecule has 0 spiro atoms. The maximum atomic E-state index is 14.1. The number of amides is 2. The highest BCUT2D eigenvalue weighted by molar-refractivity contribution is 9.10. The highest BCUT2D eigenvalue weighted by Crippen LogP contribution is 2.31. The van der Waals surface area contributed by atoms with Crippen molar-refractivity contribution in [1.29, 1.82) is 0 Å². The minimum Gasteiger partial charge on any atom is -0.350 e. The third-order valence-electron chi connectivity index (χ3n) is 6.30. The molecule has 0 aliphatic heterocycles. The normalized spacial score (nSPS) is 12.5. The van der Waals surface area contributed by atoms with Crippen LogP contribution in [0.5, 0.6) is 0 Å². The van der Waals surface area contributed by atoms with Gasteiger partial charge in [-0.1, -0.05) is 63.4 Å². The molecule has 3 rings (SSSR count). The number of carbonyl (C=O) groups excluding carboxylic acids is 2. The maximum Gasteiger partial charge on any atom is 0.264 e. The highest BCUT2D eigenvalue weighted by atomic mass is 79.9. The number of halogens is 2. The van der Waals surface area contributed by atoms with Crippen molar-refractivity contribution >= 4 is 55.1 Å². The lowest BCUT2D eigenvalue weighted by Crippen LogP contribution is -2.54. The Labute approximate surface area is 250 Å². The molecule has 1 N–H and O–H groups in total. The monoisotopic (exact) mass is 647 g/mol.